The summed E-state index contributed by atoms with van der Waals surface area (Å²) in [4.78, 5) is 2.52. The van der Waals surface area contributed by atoms with Crippen LogP contribution in [0.5, 0.6) is 5.75 Å². The molecule has 0 aromatic heterocycles. The molecule has 2 heterocycles. The average molecular weight is 398 g/mol. The van der Waals surface area contributed by atoms with E-state index >= 15 is 0 Å². The topological polar surface area (TPSA) is 36.3 Å². The molecule has 3 aromatic rings. The number of nitriles is 1. The van der Waals surface area contributed by atoms with Crippen LogP contribution in [-0.2, 0) is 6.54 Å². The van der Waals surface area contributed by atoms with Crippen LogP contribution in [0, 0.1) is 17.1 Å². The van der Waals surface area contributed by atoms with Gasteiger partial charge in [-0.05, 0) is 66.4 Å². The van der Waals surface area contributed by atoms with Gasteiger partial charge >= 0.3 is 0 Å². The third-order valence-electron chi connectivity index (χ3n) is 6.36. The van der Waals surface area contributed by atoms with E-state index in [0.29, 0.717) is 24.1 Å². The van der Waals surface area contributed by atoms with E-state index in [4.69, 9.17) is 4.74 Å². The zero-order valence-corrected chi connectivity index (χ0v) is 16.7. The van der Waals surface area contributed by atoms with Gasteiger partial charge in [-0.2, -0.15) is 5.26 Å². The lowest BCUT2D eigenvalue weighted by Crippen LogP contribution is -2.48. The second-order valence-corrected chi connectivity index (χ2v) is 8.17. The summed E-state index contributed by atoms with van der Waals surface area (Å²) in [6.07, 6.45) is 2.28. The highest BCUT2D eigenvalue weighted by Crippen LogP contribution is 2.42. The number of nitrogens with zero attached hydrogens (tertiary/aromatic N) is 2. The number of halogens is 1. The van der Waals surface area contributed by atoms with Gasteiger partial charge in [0, 0.05) is 18.0 Å². The molecule has 0 radical (unpaired) electrons. The van der Waals surface area contributed by atoms with Gasteiger partial charge in [-0.3, -0.25) is 4.90 Å². The lowest BCUT2D eigenvalue weighted by atomic mass is 9.81. The zero-order chi connectivity index (χ0) is 20.5. The van der Waals surface area contributed by atoms with Gasteiger partial charge in [0.25, 0.3) is 0 Å². The van der Waals surface area contributed by atoms with Crippen molar-refractivity contribution in [2.75, 3.05) is 13.2 Å². The molecule has 2 atom stereocenters. The Balaban J connectivity index is 1.34. The Morgan fingerprint density at radius 1 is 1.00 bits per heavy atom. The first-order chi connectivity index (χ1) is 14.7. The summed E-state index contributed by atoms with van der Waals surface area (Å²) in [6.45, 7) is 2.62. The molecule has 0 N–H and O–H groups in total. The van der Waals surface area contributed by atoms with Crippen LogP contribution in [0.25, 0.3) is 11.1 Å². The fourth-order valence-corrected chi connectivity index (χ4v) is 4.80. The van der Waals surface area contributed by atoms with Crippen molar-refractivity contribution in [2.45, 2.75) is 31.3 Å². The average Bonchev–Trinajstić information content (AvgIpc) is 2.80. The third-order valence-corrected chi connectivity index (χ3v) is 6.36. The molecule has 0 bridgehead atoms. The maximum Gasteiger partial charge on any atom is 0.123 e. The van der Waals surface area contributed by atoms with Crippen molar-refractivity contribution in [3.63, 3.8) is 0 Å². The van der Waals surface area contributed by atoms with Gasteiger partial charge in [0.2, 0.25) is 0 Å². The van der Waals surface area contributed by atoms with E-state index in [9.17, 15) is 9.65 Å². The zero-order valence-electron chi connectivity index (χ0n) is 16.7. The molecular weight excluding hydrogens is 375 g/mol. The van der Waals surface area contributed by atoms with Crippen LogP contribution in [-0.4, -0.2) is 24.1 Å². The molecule has 2 aliphatic rings. The van der Waals surface area contributed by atoms with Crippen molar-refractivity contribution >= 4 is 0 Å². The minimum absolute atomic E-state index is 0.215. The minimum atomic E-state index is -0.215. The van der Waals surface area contributed by atoms with Crippen LogP contribution in [0.1, 0.15) is 35.4 Å². The van der Waals surface area contributed by atoms with Crippen molar-refractivity contribution in [1.82, 2.24) is 4.90 Å². The molecule has 5 rings (SSSR count). The van der Waals surface area contributed by atoms with Gasteiger partial charge in [0.15, 0.2) is 0 Å². The van der Waals surface area contributed by atoms with Gasteiger partial charge in [0.05, 0.1) is 17.7 Å². The number of likely N-dealkylation sites (tertiary alicyclic amines) is 1. The SMILES string of the molecule is N#Cc1ccc2c(c1)C1CCCN(Cc3ccc(-c4ccc(F)cc4)cc3)C1CO2. The maximum atomic E-state index is 13.2. The Morgan fingerprint density at radius 2 is 1.73 bits per heavy atom. The molecule has 0 spiro atoms. The number of fused-ring (bicyclic) bond motifs is 3. The van der Waals surface area contributed by atoms with Gasteiger partial charge < -0.3 is 4.74 Å². The molecule has 4 heteroatoms. The van der Waals surface area contributed by atoms with Crippen LogP contribution in [0.3, 0.4) is 0 Å². The number of hydrogen-bond donors (Lipinski definition) is 0. The Labute approximate surface area is 176 Å². The highest BCUT2D eigenvalue weighted by Gasteiger charge is 2.37. The van der Waals surface area contributed by atoms with Crippen molar-refractivity contribution in [2.24, 2.45) is 0 Å². The Morgan fingerprint density at radius 3 is 2.47 bits per heavy atom. The first-order valence-electron chi connectivity index (χ1n) is 10.5. The predicted molar refractivity (Wildman–Crippen MR) is 115 cm³/mol. The molecule has 0 aliphatic carbocycles. The maximum absolute atomic E-state index is 13.2. The van der Waals surface area contributed by atoms with Gasteiger partial charge in [-0.25, -0.2) is 4.39 Å². The number of ether oxygens (including phenoxy) is 1. The smallest absolute Gasteiger partial charge is 0.123 e. The molecule has 2 unspecified atom stereocenters. The Kier molecular flexibility index (Phi) is 4.98. The summed E-state index contributed by atoms with van der Waals surface area (Å²) in [6, 6.07) is 23.5. The standard InChI is InChI=1S/C26H23FN2O/c27-22-10-8-21(9-11-22)20-6-3-18(4-7-20)16-29-13-1-2-23-24-14-19(15-28)5-12-26(24)30-17-25(23)29/h3-12,14,23,25H,1-2,13,16-17H2. The lowest BCUT2D eigenvalue weighted by molar-refractivity contribution is 0.0600. The van der Waals surface area contributed by atoms with Crippen LogP contribution in [0.4, 0.5) is 4.39 Å². The second kappa shape index (κ2) is 7.93. The number of hydrogen-bond acceptors (Lipinski definition) is 3. The fraction of sp³-hybridized carbons (Fsp3) is 0.269. The summed E-state index contributed by atoms with van der Waals surface area (Å²) in [7, 11) is 0. The molecule has 150 valence electrons. The van der Waals surface area contributed by atoms with E-state index < -0.39 is 0 Å². The van der Waals surface area contributed by atoms with Gasteiger partial charge in [-0.1, -0.05) is 36.4 Å². The summed E-state index contributed by atoms with van der Waals surface area (Å²) in [5.74, 6) is 1.13. The van der Waals surface area contributed by atoms with Crippen molar-refractivity contribution in [3.05, 3.63) is 89.2 Å². The summed E-state index contributed by atoms with van der Waals surface area (Å²) < 4.78 is 19.2. The highest BCUT2D eigenvalue weighted by atomic mass is 19.1. The molecule has 1 fully saturated rings. The fourth-order valence-electron chi connectivity index (χ4n) is 4.80. The Hall–Kier alpha value is -3.16. The second-order valence-electron chi connectivity index (χ2n) is 8.17. The van der Waals surface area contributed by atoms with Crippen molar-refractivity contribution in [1.29, 1.82) is 5.26 Å². The van der Waals surface area contributed by atoms with Crippen LogP contribution in [0.2, 0.25) is 0 Å². The number of rotatable bonds is 3. The van der Waals surface area contributed by atoms with Crippen molar-refractivity contribution < 1.29 is 9.13 Å². The van der Waals surface area contributed by atoms with Gasteiger partial charge in [0.1, 0.15) is 18.2 Å². The molecule has 1 saturated heterocycles. The molecule has 0 saturated carbocycles. The number of piperidine rings is 1. The molecule has 2 aliphatic heterocycles. The molecular formula is C26H23FN2O. The van der Waals surface area contributed by atoms with E-state index in [1.54, 1.807) is 0 Å². The normalized spacial score (nSPS) is 20.5. The van der Waals surface area contributed by atoms with E-state index in [-0.39, 0.29) is 5.82 Å². The minimum Gasteiger partial charge on any atom is -0.492 e. The molecule has 3 nitrogen and oxygen atoms in total. The molecule has 30 heavy (non-hydrogen) atoms. The van der Waals surface area contributed by atoms with E-state index in [0.717, 1.165) is 42.8 Å². The Bertz CT molecular complexity index is 1090. The highest BCUT2D eigenvalue weighted by molar-refractivity contribution is 5.63. The third kappa shape index (κ3) is 3.58. The van der Waals surface area contributed by atoms with E-state index in [1.807, 2.05) is 30.3 Å². The predicted octanol–water partition coefficient (Wildman–Crippen LogP) is 5.50. The van der Waals surface area contributed by atoms with Crippen LogP contribution >= 0.6 is 0 Å². The van der Waals surface area contributed by atoms with Crippen LogP contribution < -0.4 is 4.74 Å². The quantitative estimate of drug-likeness (QED) is 0.584. The largest absolute Gasteiger partial charge is 0.492 e. The molecule has 3 aromatic carbocycles. The van der Waals surface area contributed by atoms with E-state index in [1.165, 1.54) is 23.3 Å². The lowest BCUT2D eigenvalue weighted by Gasteiger charge is -2.44. The number of benzene rings is 3. The van der Waals surface area contributed by atoms with Gasteiger partial charge in [-0.15, -0.1) is 0 Å². The summed E-state index contributed by atoms with van der Waals surface area (Å²) in [5.41, 5.74) is 5.26. The van der Waals surface area contributed by atoms with Crippen molar-refractivity contribution in [3.8, 4) is 22.9 Å². The van der Waals surface area contributed by atoms with Crippen LogP contribution in [0.15, 0.2) is 66.7 Å². The first kappa shape index (κ1) is 18.8. The summed E-state index contributed by atoms with van der Waals surface area (Å²) in [5, 5.41) is 9.28. The van der Waals surface area contributed by atoms with E-state index in [2.05, 4.69) is 35.2 Å². The first-order valence-corrected chi connectivity index (χ1v) is 10.5. The monoisotopic (exact) mass is 398 g/mol. The summed E-state index contributed by atoms with van der Waals surface area (Å²) >= 11 is 0. The molecule has 0 amide bonds.